The van der Waals surface area contributed by atoms with Gasteiger partial charge in [0.2, 0.25) is 0 Å². The van der Waals surface area contributed by atoms with Crippen LogP contribution in [0.4, 0.5) is 0 Å². The van der Waals surface area contributed by atoms with Crippen molar-refractivity contribution in [3.05, 3.63) is 45.4 Å². The van der Waals surface area contributed by atoms with E-state index in [4.69, 9.17) is 9.47 Å². The van der Waals surface area contributed by atoms with Gasteiger partial charge < -0.3 is 19.7 Å². The first-order chi connectivity index (χ1) is 13.0. The van der Waals surface area contributed by atoms with Crippen molar-refractivity contribution in [2.24, 2.45) is 4.99 Å². The highest BCUT2D eigenvalue weighted by Crippen LogP contribution is 2.21. The number of thiazole rings is 1. The second kappa shape index (κ2) is 12.2. The Balaban J connectivity index is 0.00000392. The Kier molecular flexibility index (Phi) is 10.8. The van der Waals surface area contributed by atoms with Gasteiger partial charge in [0, 0.05) is 33.1 Å². The van der Waals surface area contributed by atoms with E-state index in [1.54, 1.807) is 25.5 Å². The Bertz CT molecular complexity index is 766. The van der Waals surface area contributed by atoms with Crippen LogP contribution in [0.1, 0.15) is 41.8 Å². The Morgan fingerprint density at radius 3 is 2.75 bits per heavy atom. The molecular formula is C20H31IN4O2S. The highest BCUT2D eigenvalue weighted by atomic mass is 127. The SMILES string of the molecule is CCOc1ccc(CNC(=NC)N(C)Cc2csc(C(C)OC)n2)cc1C.I. The lowest BCUT2D eigenvalue weighted by Crippen LogP contribution is -2.38. The zero-order valence-corrected chi connectivity index (χ0v) is 20.6. The van der Waals surface area contributed by atoms with Crippen molar-refractivity contribution in [2.75, 3.05) is 27.8 Å². The van der Waals surface area contributed by atoms with Gasteiger partial charge in [0.05, 0.1) is 18.8 Å². The highest BCUT2D eigenvalue weighted by molar-refractivity contribution is 14.0. The molecule has 28 heavy (non-hydrogen) atoms. The van der Waals surface area contributed by atoms with E-state index in [1.807, 2.05) is 27.0 Å². The Labute approximate surface area is 189 Å². The molecule has 0 spiro atoms. The first kappa shape index (κ1) is 24.6. The maximum atomic E-state index is 5.60. The van der Waals surface area contributed by atoms with Crippen LogP contribution in [0, 0.1) is 6.92 Å². The van der Waals surface area contributed by atoms with E-state index in [9.17, 15) is 0 Å². The zero-order chi connectivity index (χ0) is 19.8. The first-order valence-corrected chi connectivity index (χ1v) is 9.97. The third kappa shape index (κ3) is 6.89. The van der Waals surface area contributed by atoms with Gasteiger partial charge in [0.25, 0.3) is 0 Å². The van der Waals surface area contributed by atoms with Gasteiger partial charge in [-0.15, -0.1) is 35.3 Å². The fourth-order valence-electron chi connectivity index (χ4n) is 2.71. The number of ether oxygens (including phenoxy) is 2. The number of benzene rings is 1. The average Bonchev–Trinajstić information content (AvgIpc) is 3.12. The molecule has 0 aliphatic carbocycles. The zero-order valence-electron chi connectivity index (χ0n) is 17.5. The fraction of sp³-hybridized carbons (Fsp3) is 0.500. The summed E-state index contributed by atoms with van der Waals surface area (Å²) in [6.07, 6.45) is 0.0226. The predicted molar refractivity (Wildman–Crippen MR) is 127 cm³/mol. The predicted octanol–water partition coefficient (Wildman–Crippen LogP) is 4.38. The molecule has 2 aromatic rings. The molecule has 0 fully saturated rings. The summed E-state index contributed by atoms with van der Waals surface area (Å²) >= 11 is 1.63. The molecule has 1 unspecified atom stereocenters. The maximum Gasteiger partial charge on any atom is 0.194 e. The normalized spacial score (nSPS) is 12.3. The van der Waals surface area contributed by atoms with Gasteiger partial charge in [0.1, 0.15) is 16.9 Å². The topological polar surface area (TPSA) is 59.0 Å². The minimum Gasteiger partial charge on any atom is -0.494 e. The Hall–Kier alpha value is -1.39. The summed E-state index contributed by atoms with van der Waals surface area (Å²) < 4.78 is 10.9. The molecule has 156 valence electrons. The average molecular weight is 518 g/mol. The minimum atomic E-state index is 0. The number of halogens is 1. The van der Waals surface area contributed by atoms with Gasteiger partial charge in [-0.2, -0.15) is 0 Å². The van der Waals surface area contributed by atoms with Crippen molar-refractivity contribution >= 4 is 41.3 Å². The van der Waals surface area contributed by atoms with Gasteiger partial charge in [-0.3, -0.25) is 4.99 Å². The van der Waals surface area contributed by atoms with Crippen molar-refractivity contribution in [2.45, 2.75) is 40.0 Å². The summed E-state index contributed by atoms with van der Waals surface area (Å²) in [4.78, 5) is 11.1. The van der Waals surface area contributed by atoms with Gasteiger partial charge >= 0.3 is 0 Å². The molecule has 0 saturated heterocycles. The molecule has 1 aromatic carbocycles. The Morgan fingerprint density at radius 2 is 2.14 bits per heavy atom. The Morgan fingerprint density at radius 1 is 1.39 bits per heavy atom. The van der Waals surface area contributed by atoms with E-state index < -0.39 is 0 Å². The maximum absolute atomic E-state index is 5.60. The van der Waals surface area contributed by atoms with Crippen molar-refractivity contribution in [3.8, 4) is 5.75 Å². The van der Waals surface area contributed by atoms with Crippen LogP contribution in [0.3, 0.4) is 0 Å². The minimum absolute atomic E-state index is 0. The van der Waals surface area contributed by atoms with E-state index in [0.717, 1.165) is 28.0 Å². The van der Waals surface area contributed by atoms with E-state index in [1.165, 1.54) is 5.56 Å². The largest absolute Gasteiger partial charge is 0.494 e. The van der Waals surface area contributed by atoms with Crippen LogP contribution >= 0.6 is 35.3 Å². The molecule has 0 saturated carbocycles. The van der Waals surface area contributed by atoms with E-state index in [-0.39, 0.29) is 30.1 Å². The van der Waals surface area contributed by atoms with Crippen molar-refractivity contribution in [3.63, 3.8) is 0 Å². The molecule has 1 atom stereocenters. The van der Waals surface area contributed by atoms with Crippen LogP contribution in [0.25, 0.3) is 0 Å². The van der Waals surface area contributed by atoms with Crippen LogP contribution in [0.5, 0.6) is 5.75 Å². The van der Waals surface area contributed by atoms with Crippen LogP contribution < -0.4 is 10.1 Å². The molecule has 8 heteroatoms. The second-order valence-electron chi connectivity index (χ2n) is 6.34. The van der Waals surface area contributed by atoms with E-state index >= 15 is 0 Å². The standard InChI is InChI=1S/C20H30N4O2S.HI/c1-7-26-18-9-8-16(10-14(18)2)11-22-20(21-4)24(5)12-17-13-27-19(23-17)15(3)25-6;/h8-10,13,15H,7,11-12H2,1-6H3,(H,21,22);1H. The number of hydrogen-bond acceptors (Lipinski definition) is 5. The third-order valence-corrected chi connectivity index (χ3v) is 5.29. The number of hydrogen-bond donors (Lipinski definition) is 1. The fourth-order valence-corrected chi connectivity index (χ4v) is 3.55. The molecule has 1 heterocycles. The van der Waals surface area contributed by atoms with Crippen LogP contribution in [-0.2, 0) is 17.8 Å². The lowest BCUT2D eigenvalue weighted by atomic mass is 10.1. The second-order valence-corrected chi connectivity index (χ2v) is 7.23. The molecule has 2 rings (SSSR count). The van der Waals surface area contributed by atoms with Crippen LogP contribution in [0.15, 0.2) is 28.6 Å². The highest BCUT2D eigenvalue weighted by Gasteiger charge is 2.13. The van der Waals surface area contributed by atoms with Gasteiger partial charge in [-0.05, 0) is 38.0 Å². The summed E-state index contributed by atoms with van der Waals surface area (Å²) in [5.74, 6) is 1.77. The summed E-state index contributed by atoms with van der Waals surface area (Å²) in [5.41, 5.74) is 3.35. The summed E-state index contributed by atoms with van der Waals surface area (Å²) in [7, 11) is 5.51. The number of aliphatic imine (C=N–C) groups is 1. The molecule has 0 aliphatic heterocycles. The third-order valence-electron chi connectivity index (χ3n) is 4.23. The summed E-state index contributed by atoms with van der Waals surface area (Å²) in [5, 5.41) is 6.48. The summed E-state index contributed by atoms with van der Waals surface area (Å²) in [6, 6.07) is 6.25. The van der Waals surface area contributed by atoms with Crippen molar-refractivity contribution < 1.29 is 9.47 Å². The lowest BCUT2D eigenvalue weighted by Gasteiger charge is -2.21. The van der Waals surface area contributed by atoms with Gasteiger partial charge in [-0.1, -0.05) is 12.1 Å². The number of nitrogens with one attached hydrogen (secondary N) is 1. The molecule has 0 aliphatic rings. The van der Waals surface area contributed by atoms with Crippen LogP contribution in [-0.4, -0.2) is 43.7 Å². The number of nitrogens with zero attached hydrogens (tertiary/aromatic N) is 3. The molecule has 1 aromatic heterocycles. The number of rotatable bonds is 8. The molecule has 0 bridgehead atoms. The van der Waals surface area contributed by atoms with Crippen molar-refractivity contribution in [1.29, 1.82) is 0 Å². The van der Waals surface area contributed by atoms with E-state index in [0.29, 0.717) is 19.7 Å². The molecule has 0 amide bonds. The monoisotopic (exact) mass is 518 g/mol. The number of methoxy groups -OCH3 is 1. The first-order valence-electron chi connectivity index (χ1n) is 9.09. The molecule has 1 N–H and O–H groups in total. The summed E-state index contributed by atoms with van der Waals surface area (Å²) in [6.45, 7) is 8.14. The van der Waals surface area contributed by atoms with Crippen LogP contribution in [0.2, 0.25) is 0 Å². The lowest BCUT2D eigenvalue weighted by molar-refractivity contribution is 0.119. The van der Waals surface area contributed by atoms with Crippen molar-refractivity contribution in [1.82, 2.24) is 15.2 Å². The van der Waals surface area contributed by atoms with E-state index in [2.05, 4.69) is 44.6 Å². The number of aromatic nitrogens is 1. The smallest absolute Gasteiger partial charge is 0.194 e. The number of guanidine groups is 1. The molecule has 0 radical (unpaired) electrons. The molecule has 6 nitrogen and oxygen atoms in total. The quantitative estimate of drug-likeness (QED) is 0.319. The number of aryl methyl sites for hydroxylation is 1. The molecular weight excluding hydrogens is 487 g/mol. The van der Waals surface area contributed by atoms with Gasteiger partial charge in [-0.25, -0.2) is 4.98 Å². The van der Waals surface area contributed by atoms with Gasteiger partial charge in [0.15, 0.2) is 5.96 Å².